The van der Waals surface area contributed by atoms with Crippen molar-refractivity contribution in [3.8, 4) is 0 Å². The van der Waals surface area contributed by atoms with Crippen LogP contribution in [0.3, 0.4) is 0 Å². The summed E-state index contributed by atoms with van der Waals surface area (Å²) in [5, 5.41) is 7.73. The summed E-state index contributed by atoms with van der Waals surface area (Å²) in [6.07, 6.45) is 3.16. The zero-order valence-electron chi connectivity index (χ0n) is 19.8. The largest absolute Gasteiger partial charge is 0.332 e. The average Bonchev–Trinajstić information content (AvgIpc) is 2.85. The Morgan fingerprint density at radius 2 is 1.53 bits per heavy atom. The van der Waals surface area contributed by atoms with E-state index in [1.54, 1.807) is 30.3 Å². The number of fused-ring (bicyclic) bond motifs is 1. The van der Waals surface area contributed by atoms with Crippen LogP contribution in [-0.2, 0) is 14.8 Å². The van der Waals surface area contributed by atoms with E-state index in [0.717, 1.165) is 27.5 Å². The number of nitrogens with one attached hydrogen (secondary N) is 3. The molecule has 8 heteroatoms. The molecule has 0 aliphatic heterocycles. The molecule has 0 bridgehead atoms. The molecule has 6 nitrogen and oxygen atoms in total. The summed E-state index contributed by atoms with van der Waals surface area (Å²) in [5.41, 5.74) is 4.05. The van der Waals surface area contributed by atoms with E-state index in [1.165, 1.54) is 18.2 Å². The van der Waals surface area contributed by atoms with Crippen molar-refractivity contribution >= 4 is 61.5 Å². The highest BCUT2D eigenvalue weighted by Gasteiger charge is 2.14. The van der Waals surface area contributed by atoms with Crippen LogP contribution in [0.25, 0.3) is 16.8 Å². The molecule has 0 unspecified atom stereocenters. The fraction of sp³-hybridized carbons (Fsp3) is 0.0714. The first-order chi connectivity index (χ1) is 17.2. The van der Waals surface area contributed by atoms with E-state index in [4.69, 9.17) is 12.2 Å². The Bertz CT molecular complexity index is 1570. The second-order valence-electron chi connectivity index (χ2n) is 8.27. The summed E-state index contributed by atoms with van der Waals surface area (Å²) in [5.74, 6) is -0.378. The van der Waals surface area contributed by atoms with Gasteiger partial charge in [-0.25, -0.2) is 8.42 Å². The number of anilines is 2. The molecule has 0 fully saturated rings. The van der Waals surface area contributed by atoms with E-state index in [2.05, 4.69) is 15.4 Å². The van der Waals surface area contributed by atoms with Gasteiger partial charge in [-0.1, -0.05) is 48.5 Å². The van der Waals surface area contributed by atoms with E-state index in [9.17, 15) is 13.2 Å². The van der Waals surface area contributed by atoms with Crippen LogP contribution in [-0.4, -0.2) is 19.4 Å². The summed E-state index contributed by atoms with van der Waals surface area (Å²) >= 11 is 5.23. The Hall–Kier alpha value is -4.01. The minimum absolute atomic E-state index is 0.103. The molecule has 0 heterocycles. The molecular weight excluding hydrogens is 490 g/mol. The van der Waals surface area contributed by atoms with Crippen LogP contribution in [0.4, 0.5) is 11.4 Å². The Morgan fingerprint density at radius 3 is 2.28 bits per heavy atom. The standard InChI is InChI=1S/C28H25N3O3S2/c1-19-10-12-24(18-20(19)2)31-36(33,34)25-15-13-23(14-16-25)29-28(35)30-27(32)17-11-22-8-5-7-21-6-3-4-9-26(21)22/h3-18,31H,1-2H3,(H2,29,30,32,35)/b17-11+. The van der Waals surface area contributed by atoms with Crippen LogP contribution in [0.5, 0.6) is 0 Å². The molecule has 182 valence electrons. The normalized spacial score (nSPS) is 11.4. The third-order valence-corrected chi connectivity index (χ3v) is 7.26. The number of amides is 1. The quantitative estimate of drug-likeness (QED) is 0.224. The zero-order chi connectivity index (χ0) is 25.7. The van der Waals surface area contributed by atoms with Crippen LogP contribution in [0.1, 0.15) is 16.7 Å². The number of rotatable bonds is 6. The van der Waals surface area contributed by atoms with Gasteiger partial charge in [-0.3, -0.25) is 14.8 Å². The number of carbonyl (C=O) groups excluding carboxylic acids is 1. The number of thiocarbonyl (C=S) groups is 1. The van der Waals surface area contributed by atoms with Crippen molar-refractivity contribution in [3.63, 3.8) is 0 Å². The van der Waals surface area contributed by atoms with Crippen molar-refractivity contribution < 1.29 is 13.2 Å². The lowest BCUT2D eigenvalue weighted by atomic mass is 10.0. The van der Waals surface area contributed by atoms with Crippen molar-refractivity contribution in [2.45, 2.75) is 18.7 Å². The van der Waals surface area contributed by atoms with E-state index in [-0.39, 0.29) is 15.9 Å². The van der Waals surface area contributed by atoms with Crippen molar-refractivity contribution in [1.82, 2.24) is 5.32 Å². The number of benzene rings is 4. The maximum atomic E-state index is 12.7. The summed E-state index contributed by atoms with van der Waals surface area (Å²) in [7, 11) is -3.75. The van der Waals surface area contributed by atoms with Crippen molar-refractivity contribution in [2.24, 2.45) is 0 Å². The van der Waals surface area contributed by atoms with Gasteiger partial charge in [-0.15, -0.1) is 0 Å². The Balaban J connectivity index is 1.36. The molecule has 3 N–H and O–H groups in total. The molecule has 0 aliphatic carbocycles. The summed E-state index contributed by atoms with van der Waals surface area (Å²) in [4.78, 5) is 12.5. The molecule has 0 atom stereocenters. The number of carbonyl (C=O) groups is 1. The molecule has 1 amide bonds. The topological polar surface area (TPSA) is 87.3 Å². The third-order valence-electron chi connectivity index (χ3n) is 5.66. The molecule has 0 aliphatic rings. The molecule has 0 aromatic heterocycles. The second-order valence-corrected chi connectivity index (χ2v) is 10.4. The van der Waals surface area contributed by atoms with Gasteiger partial charge in [0.2, 0.25) is 5.91 Å². The molecule has 0 saturated heterocycles. The minimum atomic E-state index is -3.75. The number of hydrogen-bond acceptors (Lipinski definition) is 4. The van der Waals surface area contributed by atoms with Crippen molar-refractivity contribution in [1.29, 1.82) is 0 Å². The van der Waals surface area contributed by atoms with Gasteiger partial charge < -0.3 is 5.32 Å². The summed E-state index contributed by atoms with van der Waals surface area (Å²) in [6.45, 7) is 3.89. The average molecular weight is 516 g/mol. The van der Waals surface area contributed by atoms with E-state index in [0.29, 0.717) is 11.4 Å². The van der Waals surface area contributed by atoms with E-state index >= 15 is 0 Å². The van der Waals surface area contributed by atoms with E-state index < -0.39 is 10.0 Å². The van der Waals surface area contributed by atoms with Crippen LogP contribution >= 0.6 is 12.2 Å². The Labute approximate surface area is 216 Å². The van der Waals surface area contributed by atoms with Gasteiger partial charge in [-0.2, -0.15) is 0 Å². The number of sulfonamides is 1. The highest BCUT2D eigenvalue weighted by molar-refractivity contribution is 7.92. The van der Waals surface area contributed by atoms with Crippen LogP contribution in [0, 0.1) is 13.8 Å². The smallest absolute Gasteiger partial charge is 0.261 e. The highest BCUT2D eigenvalue weighted by atomic mass is 32.2. The maximum absolute atomic E-state index is 12.7. The van der Waals surface area contributed by atoms with Gasteiger partial charge in [-0.05, 0) is 96.0 Å². The fourth-order valence-electron chi connectivity index (χ4n) is 3.61. The SMILES string of the molecule is Cc1ccc(NS(=O)(=O)c2ccc(NC(=S)NC(=O)/C=C/c3cccc4ccccc34)cc2)cc1C. The zero-order valence-corrected chi connectivity index (χ0v) is 21.4. The predicted molar refractivity (Wildman–Crippen MR) is 151 cm³/mol. The van der Waals surface area contributed by atoms with Crippen LogP contribution in [0.15, 0.2) is 95.9 Å². The van der Waals surface area contributed by atoms with Gasteiger partial charge in [0, 0.05) is 17.5 Å². The van der Waals surface area contributed by atoms with Crippen LogP contribution in [0.2, 0.25) is 0 Å². The lowest BCUT2D eigenvalue weighted by molar-refractivity contribution is -0.115. The lowest BCUT2D eigenvalue weighted by Gasteiger charge is -2.11. The second kappa shape index (κ2) is 10.7. The van der Waals surface area contributed by atoms with Gasteiger partial charge >= 0.3 is 0 Å². The van der Waals surface area contributed by atoms with Gasteiger partial charge in [0.25, 0.3) is 10.0 Å². The Morgan fingerprint density at radius 1 is 0.833 bits per heavy atom. The highest BCUT2D eigenvalue weighted by Crippen LogP contribution is 2.21. The van der Waals surface area contributed by atoms with Gasteiger partial charge in [0.05, 0.1) is 4.90 Å². The fourth-order valence-corrected chi connectivity index (χ4v) is 4.88. The minimum Gasteiger partial charge on any atom is -0.332 e. The first-order valence-corrected chi connectivity index (χ1v) is 13.1. The Kier molecular flexibility index (Phi) is 7.47. The first-order valence-electron chi connectivity index (χ1n) is 11.2. The van der Waals surface area contributed by atoms with Gasteiger partial charge in [0.1, 0.15) is 0 Å². The molecule has 0 radical (unpaired) electrons. The van der Waals surface area contributed by atoms with Gasteiger partial charge in [0.15, 0.2) is 5.11 Å². The molecule has 4 rings (SSSR count). The summed E-state index contributed by atoms with van der Waals surface area (Å²) < 4.78 is 28.0. The lowest BCUT2D eigenvalue weighted by Crippen LogP contribution is -2.32. The van der Waals surface area contributed by atoms with E-state index in [1.807, 2.05) is 62.4 Å². The molecule has 4 aromatic rings. The third kappa shape index (κ3) is 6.16. The maximum Gasteiger partial charge on any atom is 0.261 e. The molecular formula is C28H25N3O3S2. The number of aryl methyl sites for hydroxylation is 2. The molecule has 0 spiro atoms. The number of hydrogen-bond donors (Lipinski definition) is 3. The van der Waals surface area contributed by atoms with Crippen LogP contribution < -0.4 is 15.4 Å². The predicted octanol–water partition coefficient (Wildman–Crippen LogP) is 5.78. The molecule has 4 aromatic carbocycles. The molecule has 36 heavy (non-hydrogen) atoms. The van der Waals surface area contributed by atoms with Crippen molar-refractivity contribution in [3.05, 3.63) is 108 Å². The first kappa shape index (κ1) is 25.1. The summed E-state index contributed by atoms with van der Waals surface area (Å²) in [6, 6.07) is 25.3. The molecule has 0 saturated carbocycles. The monoisotopic (exact) mass is 515 g/mol. The van der Waals surface area contributed by atoms with Crippen molar-refractivity contribution in [2.75, 3.05) is 10.0 Å².